The Labute approximate surface area is 271 Å². The van der Waals surface area contributed by atoms with Crippen molar-refractivity contribution in [2.24, 2.45) is 0 Å². The van der Waals surface area contributed by atoms with E-state index in [-0.39, 0.29) is 0 Å². The molecule has 47 heavy (non-hydrogen) atoms. The second kappa shape index (κ2) is 10.2. The van der Waals surface area contributed by atoms with Crippen molar-refractivity contribution in [3.05, 3.63) is 170 Å². The van der Waals surface area contributed by atoms with Gasteiger partial charge in [-0.2, -0.15) is 0 Å². The molecule has 0 spiro atoms. The lowest BCUT2D eigenvalue weighted by atomic mass is 9.85. The van der Waals surface area contributed by atoms with Crippen LogP contribution in [-0.2, 0) is 0 Å². The molecule has 1 aromatic heterocycles. The minimum Gasteiger partial charge on any atom is -0.455 e. The quantitative estimate of drug-likeness (QED) is 0.185. The van der Waals surface area contributed by atoms with Gasteiger partial charge in [0.2, 0.25) is 0 Å². The van der Waals surface area contributed by atoms with Crippen LogP contribution in [0.4, 0.5) is 0 Å². The van der Waals surface area contributed by atoms with Crippen LogP contribution in [-0.4, -0.2) is 0 Å². The van der Waals surface area contributed by atoms with E-state index >= 15 is 0 Å². The van der Waals surface area contributed by atoms with Crippen molar-refractivity contribution in [3.63, 3.8) is 0 Å². The maximum Gasteiger partial charge on any atom is 0.143 e. The Hall–Kier alpha value is -6.18. The molecule has 10 rings (SSSR count). The topological polar surface area (TPSA) is 13.1 Å². The van der Waals surface area contributed by atoms with E-state index in [4.69, 9.17) is 4.42 Å². The summed E-state index contributed by atoms with van der Waals surface area (Å²) < 4.78 is 6.83. The molecule has 0 atom stereocenters. The Morgan fingerprint density at radius 2 is 0.809 bits per heavy atom. The van der Waals surface area contributed by atoms with E-state index < -0.39 is 0 Å². The van der Waals surface area contributed by atoms with Crippen LogP contribution in [0.1, 0.15) is 0 Å². The highest BCUT2D eigenvalue weighted by atomic mass is 16.3. The van der Waals surface area contributed by atoms with E-state index in [0.717, 1.165) is 32.7 Å². The zero-order chi connectivity index (χ0) is 30.9. The second-order valence-corrected chi connectivity index (χ2v) is 12.4. The molecule has 218 valence electrons. The first-order valence-corrected chi connectivity index (χ1v) is 16.2. The third-order valence-electron chi connectivity index (χ3n) is 9.81. The molecular weight excluding hydrogens is 569 g/mol. The third-order valence-corrected chi connectivity index (χ3v) is 9.81. The van der Waals surface area contributed by atoms with Gasteiger partial charge in [0, 0.05) is 21.5 Å². The molecule has 0 amide bonds. The molecule has 0 saturated heterocycles. The zero-order valence-electron chi connectivity index (χ0n) is 25.6. The molecule has 9 aromatic carbocycles. The smallest absolute Gasteiger partial charge is 0.143 e. The lowest BCUT2D eigenvalue weighted by molar-refractivity contribution is 0.676. The van der Waals surface area contributed by atoms with Crippen LogP contribution in [0, 0.1) is 0 Å². The molecular formula is C46H28O. The number of rotatable bonds is 3. The summed E-state index contributed by atoms with van der Waals surface area (Å²) in [7, 11) is 0. The normalized spacial score (nSPS) is 11.8. The Morgan fingerprint density at radius 3 is 1.49 bits per heavy atom. The van der Waals surface area contributed by atoms with Crippen molar-refractivity contribution in [1.82, 2.24) is 0 Å². The number of hydrogen-bond acceptors (Lipinski definition) is 1. The van der Waals surface area contributed by atoms with Gasteiger partial charge >= 0.3 is 0 Å². The fourth-order valence-corrected chi connectivity index (χ4v) is 7.76. The average molecular weight is 597 g/mol. The van der Waals surface area contributed by atoms with Crippen LogP contribution >= 0.6 is 0 Å². The summed E-state index contributed by atoms with van der Waals surface area (Å²) in [6.45, 7) is 0. The Balaban J connectivity index is 1.29. The van der Waals surface area contributed by atoms with Crippen LogP contribution in [0.25, 0.3) is 98.4 Å². The molecule has 1 heterocycles. The lowest BCUT2D eigenvalue weighted by Gasteiger charge is -2.18. The molecule has 0 radical (unpaired) electrons. The van der Waals surface area contributed by atoms with Gasteiger partial charge in [-0.25, -0.2) is 0 Å². The van der Waals surface area contributed by atoms with Gasteiger partial charge in [0.15, 0.2) is 0 Å². The first-order chi connectivity index (χ1) is 23.3. The molecule has 0 bridgehead atoms. The SMILES string of the molecule is c1ccc(-c2c3ccccc3c(-c3cccc(-c4cc5ccccc5c5oc6c7ccccc7ccc6c45)c3)c3ccccc23)cc1. The minimum absolute atomic E-state index is 0.943. The van der Waals surface area contributed by atoms with E-state index in [2.05, 4.69) is 170 Å². The van der Waals surface area contributed by atoms with E-state index in [9.17, 15) is 0 Å². The van der Waals surface area contributed by atoms with Gasteiger partial charge in [-0.3, -0.25) is 0 Å². The first kappa shape index (κ1) is 26.1. The average Bonchev–Trinajstić information content (AvgIpc) is 3.54. The fraction of sp³-hybridized carbons (Fsp3) is 0. The van der Waals surface area contributed by atoms with Crippen molar-refractivity contribution in [3.8, 4) is 33.4 Å². The summed E-state index contributed by atoms with van der Waals surface area (Å²) in [6, 6.07) is 61.5. The number of benzene rings is 9. The molecule has 0 aliphatic rings. The Bertz CT molecular complexity index is 2780. The molecule has 10 aromatic rings. The van der Waals surface area contributed by atoms with Crippen LogP contribution < -0.4 is 0 Å². The van der Waals surface area contributed by atoms with E-state index in [1.807, 2.05) is 0 Å². The Morgan fingerprint density at radius 1 is 0.298 bits per heavy atom. The monoisotopic (exact) mass is 596 g/mol. The van der Waals surface area contributed by atoms with Crippen LogP contribution in [0.3, 0.4) is 0 Å². The minimum atomic E-state index is 0.943. The maximum atomic E-state index is 6.83. The Kier molecular flexibility index (Phi) is 5.64. The predicted molar refractivity (Wildman–Crippen MR) is 200 cm³/mol. The molecule has 0 fully saturated rings. The highest BCUT2D eigenvalue weighted by molar-refractivity contribution is 6.25. The standard InChI is InChI=1S/C46H28O/c1-2-14-30(15-3-1)42-36-21-8-10-23-38(36)43(39-24-11-9-22-37(39)42)33-18-12-17-31(27-33)41-28-32-16-5-7-20-35(32)46-44(41)40-26-25-29-13-4-6-19-34(29)45(40)47-46/h1-28H. The zero-order valence-corrected chi connectivity index (χ0v) is 25.6. The van der Waals surface area contributed by atoms with Gasteiger partial charge < -0.3 is 4.42 Å². The first-order valence-electron chi connectivity index (χ1n) is 16.2. The van der Waals surface area contributed by atoms with Crippen LogP contribution in [0.2, 0.25) is 0 Å². The molecule has 0 unspecified atom stereocenters. The lowest BCUT2D eigenvalue weighted by Crippen LogP contribution is -1.91. The molecule has 1 nitrogen and oxygen atoms in total. The number of fused-ring (bicyclic) bond motifs is 9. The summed E-state index contributed by atoms with van der Waals surface area (Å²) in [5.41, 5.74) is 9.23. The van der Waals surface area contributed by atoms with Gasteiger partial charge in [0.25, 0.3) is 0 Å². The number of furan rings is 1. The van der Waals surface area contributed by atoms with Gasteiger partial charge in [-0.05, 0) is 83.9 Å². The van der Waals surface area contributed by atoms with Crippen molar-refractivity contribution in [1.29, 1.82) is 0 Å². The fourth-order valence-electron chi connectivity index (χ4n) is 7.76. The van der Waals surface area contributed by atoms with Gasteiger partial charge in [-0.15, -0.1) is 0 Å². The van der Waals surface area contributed by atoms with Crippen molar-refractivity contribution in [2.75, 3.05) is 0 Å². The second-order valence-electron chi connectivity index (χ2n) is 12.4. The maximum absolute atomic E-state index is 6.83. The van der Waals surface area contributed by atoms with E-state index in [1.165, 1.54) is 65.7 Å². The summed E-state index contributed by atoms with van der Waals surface area (Å²) in [6.07, 6.45) is 0. The van der Waals surface area contributed by atoms with Crippen molar-refractivity contribution < 1.29 is 4.42 Å². The summed E-state index contributed by atoms with van der Waals surface area (Å²) in [4.78, 5) is 0. The van der Waals surface area contributed by atoms with Crippen LogP contribution in [0.15, 0.2) is 174 Å². The summed E-state index contributed by atoms with van der Waals surface area (Å²) >= 11 is 0. The number of hydrogen-bond donors (Lipinski definition) is 0. The van der Waals surface area contributed by atoms with Crippen molar-refractivity contribution in [2.45, 2.75) is 0 Å². The van der Waals surface area contributed by atoms with E-state index in [1.54, 1.807) is 0 Å². The summed E-state index contributed by atoms with van der Waals surface area (Å²) in [5, 5.41) is 12.0. The molecule has 0 aliphatic carbocycles. The molecule has 0 aliphatic heterocycles. The molecule has 0 N–H and O–H groups in total. The van der Waals surface area contributed by atoms with Gasteiger partial charge in [0.1, 0.15) is 11.2 Å². The van der Waals surface area contributed by atoms with Gasteiger partial charge in [0.05, 0.1) is 0 Å². The third kappa shape index (κ3) is 3.90. The highest BCUT2D eigenvalue weighted by Crippen LogP contribution is 2.46. The molecule has 0 saturated carbocycles. The highest BCUT2D eigenvalue weighted by Gasteiger charge is 2.20. The van der Waals surface area contributed by atoms with Crippen LogP contribution in [0.5, 0.6) is 0 Å². The van der Waals surface area contributed by atoms with E-state index in [0.29, 0.717) is 0 Å². The van der Waals surface area contributed by atoms with Gasteiger partial charge in [-0.1, -0.05) is 152 Å². The molecule has 1 heteroatoms. The predicted octanol–water partition coefficient (Wildman–Crippen LogP) is 13.2. The largest absolute Gasteiger partial charge is 0.455 e. The summed E-state index contributed by atoms with van der Waals surface area (Å²) in [5.74, 6) is 0. The van der Waals surface area contributed by atoms with Crippen molar-refractivity contribution >= 4 is 65.0 Å².